The quantitative estimate of drug-likeness (QED) is 0.691. The number of benzene rings is 1. The Labute approximate surface area is 169 Å². The standard InChI is InChI=1S/C19H16ClFN4O2S/c20-13-2-3-15(14(21)9-13)23-18(26)16-11-28-19(24-16)12-1-4-17(22-10-12)25-5-7-27-8-6-25/h1-4,9-11H,5-8H2,(H,23,26). The fourth-order valence-electron chi connectivity index (χ4n) is 2.78. The zero-order chi connectivity index (χ0) is 19.5. The predicted octanol–water partition coefficient (Wildman–Crippen LogP) is 4.09. The minimum Gasteiger partial charge on any atom is -0.378 e. The van der Waals surface area contributed by atoms with Gasteiger partial charge in [0.1, 0.15) is 22.3 Å². The van der Waals surface area contributed by atoms with Crippen LogP contribution < -0.4 is 10.2 Å². The predicted molar refractivity (Wildman–Crippen MR) is 108 cm³/mol. The van der Waals surface area contributed by atoms with Crippen molar-refractivity contribution in [2.75, 3.05) is 36.5 Å². The summed E-state index contributed by atoms with van der Waals surface area (Å²) in [6.07, 6.45) is 1.74. The first-order valence-corrected chi connectivity index (χ1v) is 9.87. The molecule has 2 aromatic heterocycles. The second-order valence-electron chi connectivity index (χ2n) is 6.12. The summed E-state index contributed by atoms with van der Waals surface area (Å²) in [5, 5.41) is 5.07. The Kier molecular flexibility index (Phi) is 5.52. The van der Waals surface area contributed by atoms with E-state index in [9.17, 15) is 9.18 Å². The molecule has 0 spiro atoms. The van der Waals surface area contributed by atoms with E-state index in [4.69, 9.17) is 16.3 Å². The van der Waals surface area contributed by atoms with Gasteiger partial charge in [0.15, 0.2) is 0 Å². The first-order chi connectivity index (χ1) is 13.6. The lowest BCUT2D eigenvalue weighted by atomic mass is 10.2. The molecule has 1 N–H and O–H groups in total. The number of ether oxygens (including phenoxy) is 1. The molecule has 0 unspecified atom stereocenters. The lowest BCUT2D eigenvalue weighted by Crippen LogP contribution is -2.36. The summed E-state index contributed by atoms with van der Waals surface area (Å²) >= 11 is 7.05. The fraction of sp³-hybridized carbons (Fsp3) is 0.211. The second kappa shape index (κ2) is 8.22. The van der Waals surface area contributed by atoms with Gasteiger partial charge in [-0.1, -0.05) is 11.6 Å². The summed E-state index contributed by atoms with van der Waals surface area (Å²) < 4.78 is 19.2. The molecule has 1 aromatic carbocycles. The molecule has 0 atom stereocenters. The van der Waals surface area contributed by atoms with Crippen molar-refractivity contribution in [1.29, 1.82) is 0 Å². The van der Waals surface area contributed by atoms with Gasteiger partial charge in [0.25, 0.3) is 5.91 Å². The number of anilines is 2. The van der Waals surface area contributed by atoms with Crippen molar-refractivity contribution in [1.82, 2.24) is 9.97 Å². The van der Waals surface area contributed by atoms with Crippen LogP contribution in [0.25, 0.3) is 10.6 Å². The van der Waals surface area contributed by atoms with Crippen molar-refractivity contribution < 1.29 is 13.9 Å². The van der Waals surface area contributed by atoms with Crippen LogP contribution in [0.15, 0.2) is 41.9 Å². The van der Waals surface area contributed by atoms with Gasteiger partial charge in [-0.3, -0.25) is 4.79 Å². The summed E-state index contributed by atoms with van der Waals surface area (Å²) in [6.45, 7) is 3.02. The molecule has 3 heterocycles. The number of thiazole rings is 1. The highest BCUT2D eigenvalue weighted by atomic mass is 35.5. The molecule has 1 amide bonds. The van der Waals surface area contributed by atoms with Gasteiger partial charge in [0, 0.05) is 35.3 Å². The molecule has 1 aliphatic heterocycles. The molecule has 1 fully saturated rings. The summed E-state index contributed by atoms with van der Waals surface area (Å²) in [4.78, 5) is 23.4. The number of hydrogen-bond donors (Lipinski definition) is 1. The highest BCUT2D eigenvalue weighted by Crippen LogP contribution is 2.26. The Balaban J connectivity index is 1.46. The van der Waals surface area contributed by atoms with Crippen LogP contribution in [0.2, 0.25) is 5.02 Å². The SMILES string of the molecule is O=C(Nc1ccc(Cl)cc1F)c1csc(-c2ccc(N3CCOCC3)nc2)n1. The Bertz CT molecular complexity index is 990. The van der Waals surface area contributed by atoms with Gasteiger partial charge < -0.3 is 15.0 Å². The van der Waals surface area contributed by atoms with Crippen LogP contribution in [0.4, 0.5) is 15.9 Å². The van der Waals surface area contributed by atoms with Gasteiger partial charge in [-0.05, 0) is 30.3 Å². The maximum atomic E-state index is 13.9. The van der Waals surface area contributed by atoms with Gasteiger partial charge in [0.05, 0.1) is 18.9 Å². The van der Waals surface area contributed by atoms with Gasteiger partial charge in [-0.25, -0.2) is 14.4 Å². The number of morpholine rings is 1. The number of nitrogens with zero attached hydrogens (tertiary/aromatic N) is 3. The average Bonchev–Trinajstić information content (AvgIpc) is 3.21. The smallest absolute Gasteiger partial charge is 0.275 e. The van der Waals surface area contributed by atoms with Crippen molar-refractivity contribution in [2.45, 2.75) is 0 Å². The molecule has 4 rings (SSSR count). The highest BCUT2D eigenvalue weighted by Gasteiger charge is 2.16. The number of aromatic nitrogens is 2. The number of pyridine rings is 1. The van der Waals surface area contributed by atoms with E-state index in [1.54, 1.807) is 11.6 Å². The molecule has 6 nitrogen and oxygen atoms in total. The number of hydrogen-bond acceptors (Lipinski definition) is 6. The monoisotopic (exact) mass is 418 g/mol. The third kappa shape index (κ3) is 4.14. The molecule has 0 aliphatic carbocycles. The fourth-order valence-corrected chi connectivity index (χ4v) is 3.73. The number of rotatable bonds is 4. The molecule has 0 radical (unpaired) electrons. The van der Waals surface area contributed by atoms with Crippen LogP contribution in [0.1, 0.15) is 10.5 Å². The topological polar surface area (TPSA) is 67.4 Å². The van der Waals surface area contributed by atoms with E-state index in [1.165, 1.54) is 23.5 Å². The average molecular weight is 419 g/mol. The summed E-state index contributed by atoms with van der Waals surface area (Å²) in [5.41, 5.74) is 1.09. The van der Waals surface area contributed by atoms with E-state index in [-0.39, 0.29) is 16.4 Å². The van der Waals surface area contributed by atoms with Crippen molar-refractivity contribution in [3.05, 3.63) is 58.4 Å². The maximum absolute atomic E-state index is 13.9. The van der Waals surface area contributed by atoms with Gasteiger partial charge in [-0.15, -0.1) is 11.3 Å². The first-order valence-electron chi connectivity index (χ1n) is 8.61. The van der Waals surface area contributed by atoms with E-state index in [0.29, 0.717) is 18.2 Å². The van der Waals surface area contributed by atoms with E-state index >= 15 is 0 Å². The Morgan fingerprint density at radius 2 is 2.07 bits per heavy atom. The van der Waals surface area contributed by atoms with E-state index < -0.39 is 11.7 Å². The Morgan fingerprint density at radius 1 is 1.25 bits per heavy atom. The minimum atomic E-state index is -0.598. The van der Waals surface area contributed by atoms with Crippen molar-refractivity contribution >= 4 is 40.4 Å². The minimum absolute atomic E-state index is 0.0560. The van der Waals surface area contributed by atoms with Crippen molar-refractivity contribution in [2.24, 2.45) is 0 Å². The van der Waals surface area contributed by atoms with Gasteiger partial charge in [0.2, 0.25) is 0 Å². The van der Waals surface area contributed by atoms with Crippen molar-refractivity contribution in [3.8, 4) is 10.6 Å². The summed E-state index contributed by atoms with van der Waals surface area (Å²) in [6, 6.07) is 7.93. The lowest BCUT2D eigenvalue weighted by molar-refractivity contribution is 0.102. The number of carbonyl (C=O) groups excluding carboxylic acids is 1. The Morgan fingerprint density at radius 3 is 2.79 bits per heavy atom. The van der Waals surface area contributed by atoms with Crippen LogP contribution in [0, 0.1) is 5.82 Å². The van der Waals surface area contributed by atoms with E-state index in [0.717, 1.165) is 30.5 Å². The normalized spacial score (nSPS) is 14.1. The molecule has 28 heavy (non-hydrogen) atoms. The zero-order valence-corrected chi connectivity index (χ0v) is 16.3. The summed E-state index contributed by atoms with van der Waals surface area (Å²) in [7, 11) is 0. The summed E-state index contributed by atoms with van der Waals surface area (Å²) in [5.74, 6) is -0.194. The Hall–Kier alpha value is -2.55. The van der Waals surface area contributed by atoms with Crippen LogP contribution in [0.3, 0.4) is 0 Å². The largest absolute Gasteiger partial charge is 0.378 e. The number of nitrogens with one attached hydrogen (secondary N) is 1. The number of carbonyl (C=O) groups is 1. The highest BCUT2D eigenvalue weighted by molar-refractivity contribution is 7.13. The number of halogens is 2. The van der Waals surface area contributed by atoms with E-state index in [1.807, 2.05) is 12.1 Å². The van der Waals surface area contributed by atoms with Gasteiger partial charge in [-0.2, -0.15) is 0 Å². The number of amides is 1. The first kappa shape index (κ1) is 18.8. The molecule has 0 saturated carbocycles. The lowest BCUT2D eigenvalue weighted by Gasteiger charge is -2.27. The molecule has 9 heteroatoms. The molecular formula is C19H16ClFN4O2S. The molecule has 1 saturated heterocycles. The molecule has 1 aliphatic rings. The van der Waals surface area contributed by atoms with E-state index in [2.05, 4.69) is 20.2 Å². The molecular weight excluding hydrogens is 403 g/mol. The van der Waals surface area contributed by atoms with Gasteiger partial charge >= 0.3 is 0 Å². The molecule has 0 bridgehead atoms. The third-order valence-corrected chi connectivity index (χ3v) is 5.37. The van der Waals surface area contributed by atoms with Crippen LogP contribution >= 0.6 is 22.9 Å². The maximum Gasteiger partial charge on any atom is 0.275 e. The zero-order valence-electron chi connectivity index (χ0n) is 14.7. The van der Waals surface area contributed by atoms with Crippen LogP contribution in [-0.2, 0) is 4.74 Å². The molecule has 144 valence electrons. The second-order valence-corrected chi connectivity index (χ2v) is 7.42. The molecule has 3 aromatic rings. The van der Waals surface area contributed by atoms with Crippen LogP contribution in [0.5, 0.6) is 0 Å². The van der Waals surface area contributed by atoms with Crippen LogP contribution in [-0.4, -0.2) is 42.2 Å². The third-order valence-electron chi connectivity index (χ3n) is 4.25. The van der Waals surface area contributed by atoms with Crippen molar-refractivity contribution in [3.63, 3.8) is 0 Å².